The van der Waals surface area contributed by atoms with Crippen molar-refractivity contribution < 1.29 is 14.3 Å². The average Bonchev–Trinajstić information content (AvgIpc) is 2.89. The Kier molecular flexibility index (Phi) is 3.60. The molecule has 1 N–H and O–H groups in total. The van der Waals surface area contributed by atoms with E-state index >= 15 is 0 Å². The minimum atomic E-state index is -1.20. The first-order valence-corrected chi connectivity index (χ1v) is 10.0. The zero-order valence-electron chi connectivity index (χ0n) is 16.8. The lowest BCUT2D eigenvalue weighted by Gasteiger charge is -2.44. The number of fused-ring (bicyclic) bond motifs is 2. The van der Waals surface area contributed by atoms with Crippen LogP contribution >= 0.6 is 0 Å². The fourth-order valence-corrected chi connectivity index (χ4v) is 5.12. The molecule has 2 aromatic carbocycles. The van der Waals surface area contributed by atoms with Gasteiger partial charge in [-0.1, -0.05) is 25.1 Å². The van der Waals surface area contributed by atoms with Crippen LogP contribution in [0.15, 0.2) is 36.4 Å². The van der Waals surface area contributed by atoms with Gasteiger partial charge in [0.05, 0.1) is 18.9 Å². The summed E-state index contributed by atoms with van der Waals surface area (Å²) < 4.78 is 12.2. The van der Waals surface area contributed by atoms with Crippen molar-refractivity contribution in [2.24, 2.45) is 0 Å². The summed E-state index contributed by atoms with van der Waals surface area (Å²) in [5.41, 5.74) is 3.54. The molecule has 28 heavy (non-hydrogen) atoms. The van der Waals surface area contributed by atoms with E-state index < -0.39 is 5.72 Å². The van der Waals surface area contributed by atoms with Crippen molar-refractivity contribution in [2.45, 2.75) is 57.9 Å². The zero-order chi connectivity index (χ0) is 19.7. The molecule has 5 rings (SSSR count). The highest BCUT2D eigenvalue weighted by molar-refractivity contribution is 6.11. The third kappa shape index (κ3) is 2.20. The molecule has 3 aliphatic heterocycles. The Morgan fingerprint density at radius 2 is 2.07 bits per heavy atom. The van der Waals surface area contributed by atoms with Crippen LogP contribution < -0.4 is 15.0 Å². The van der Waals surface area contributed by atoms with E-state index in [9.17, 15) is 4.79 Å². The van der Waals surface area contributed by atoms with E-state index in [1.807, 2.05) is 42.2 Å². The fraction of sp³-hybridized carbons (Fsp3) is 0.435. The molecule has 1 amide bonds. The van der Waals surface area contributed by atoms with Crippen molar-refractivity contribution in [1.29, 1.82) is 0 Å². The lowest BCUT2D eigenvalue weighted by atomic mass is 9.80. The number of para-hydroxylation sites is 1. The van der Waals surface area contributed by atoms with Gasteiger partial charge in [-0.2, -0.15) is 0 Å². The average molecular weight is 378 g/mol. The number of benzene rings is 2. The summed E-state index contributed by atoms with van der Waals surface area (Å²) in [5.74, 6) is 1.09. The molecule has 2 aromatic rings. The van der Waals surface area contributed by atoms with Gasteiger partial charge < -0.3 is 19.7 Å². The highest BCUT2D eigenvalue weighted by atomic mass is 16.5. The first-order valence-electron chi connectivity index (χ1n) is 10.0. The predicted molar refractivity (Wildman–Crippen MR) is 109 cm³/mol. The molecule has 5 nitrogen and oxygen atoms in total. The van der Waals surface area contributed by atoms with Crippen LogP contribution in [0.4, 0.5) is 11.4 Å². The molecule has 1 spiro atoms. The molecule has 0 radical (unpaired) electrons. The molecule has 2 unspecified atom stereocenters. The van der Waals surface area contributed by atoms with Crippen molar-refractivity contribution in [1.82, 2.24) is 0 Å². The summed E-state index contributed by atoms with van der Waals surface area (Å²) >= 11 is 0. The Bertz CT molecular complexity index is 984. The maximum absolute atomic E-state index is 13.9. The molecule has 5 heteroatoms. The molecule has 0 aliphatic carbocycles. The maximum atomic E-state index is 13.9. The quantitative estimate of drug-likeness (QED) is 0.835. The van der Waals surface area contributed by atoms with Gasteiger partial charge in [0, 0.05) is 22.4 Å². The first-order chi connectivity index (χ1) is 13.4. The molecule has 0 fully saturated rings. The van der Waals surface area contributed by atoms with Gasteiger partial charge in [0.2, 0.25) is 5.72 Å². The van der Waals surface area contributed by atoms with Gasteiger partial charge in [-0.25, -0.2) is 0 Å². The minimum Gasteiger partial charge on any atom is -0.494 e. The number of anilines is 2. The number of hydrogen-bond donors (Lipinski definition) is 1. The number of amides is 1. The Balaban J connectivity index is 1.75. The maximum Gasteiger partial charge on any atom is 0.285 e. The minimum absolute atomic E-state index is 0.0381. The lowest BCUT2D eigenvalue weighted by molar-refractivity contribution is -0.143. The van der Waals surface area contributed by atoms with Crippen molar-refractivity contribution in [3.8, 4) is 5.75 Å². The van der Waals surface area contributed by atoms with E-state index in [4.69, 9.17) is 9.47 Å². The number of hydrogen-bond acceptors (Lipinski definition) is 4. The van der Waals surface area contributed by atoms with Crippen LogP contribution in [-0.2, 0) is 21.9 Å². The van der Waals surface area contributed by atoms with Crippen LogP contribution in [0.5, 0.6) is 5.75 Å². The van der Waals surface area contributed by atoms with Crippen LogP contribution in [0.25, 0.3) is 0 Å². The van der Waals surface area contributed by atoms with Crippen molar-refractivity contribution >= 4 is 17.3 Å². The highest BCUT2D eigenvalue weighted by Crippen LogP contribution is 2.56. The topological polar surface area (TPSA) is 50.8 Å². The summed E-state index contributed by atoms with van der Waals surface area (Å²) in [6.45, 7) is 9.46. The number of nitrogens with one attached hydrogen (secondary N) is 1. The monoisotopic (exact) mass is 378 g/mol. The van der Waals surface area contributed by atoms with Gasteiger partial charge >= 0.3 is 0 Å². The fourth-order valence-electron chi connectivity index (χ4n) is 5.12. The SMILES string of the molecule is CCOc1cc2c3c(c1)C1(Nc4ccccc4CO1)C(=O)N3C(C)(C)CC2C. The highest BCUT2D eigenvalue weighted by Gasteiger charge is 2.60. The van der Waals surface area contributed by atoms with Gasteiger partial charge in [-0.3, -0.25) is 4.79 Å². The van der Waals surface area contributed by atoms with E-state index in [2.05, 4.69) is 32.2 Å². The van der Waals surface area contributed by atoms with E-state index in [1.165, 1.54) is 0 Å². The van der Waals surface area contributed by atoms with Gasteiger partial charge in [-0.15, -0.1) is 0 Å². The molecule has 3 aliphatic rings. The van der Waals surface area contributed by atoms with Crippen molar-refractivity contribution in [2.75, 3.05) is 16.8 Å². The standard InChI is InChI=1S/C23H26N2O3/c1-5-27-16-10-17-14(2)12-22(3,4)25-20(17)18(11-16)23(21(25)26)24-19-9-7-6-8-15(19)13-28-23/h6-11,14,24H,5,12-13H2,1-4H3. The van der Waals surface area contributed by atoms with Crippen molar-refractivity contribution in [3.63, 3.8) is 0 Å². The van der Waals surface area contributed by atoms with Crippen LogP contribution in [0.1, 0.15) is 56.7 Å². The van der Waals surface area contributed by atoms with Crippen molar-refractivity contribution in [3.05, 3.63) is 53.1 Å². The zero-order valence-corrected chi connectivity index (χ0v) is 16.8. The molecule has 3 heterocycles. The summed E-state index contributed by atoms with van der Waals surface area (Å²) in [7, 11) is 0. The number of rotatable bonds is 2. The van der Waals surface area contributed by atoms with Crippen LogP contribution in [0.2, 0.25) is 0 Å². The van der Waals surface area contributed by atoms with E-state index in [0.717, 1.165) is 40.2 Å². The van der Waals surface area contributed by atoms with Gasteiger partial charge in [0.15, 0.2) is 0 Å². The summed E-state index contributed by atoms with van der Waals surface area (Å²) in [6, 6.07) is 12.1. The lowest BCUT2D eigenvalue weighted by Crippen LogP contribution is -2.56. The second kappa shape index (κ2) is 5.74. The Labute approximate surface area is 165 Å². The summed E-state index contributed by atoms with van der Waals surface area (Å²) in [4.78, 5) is 15.8. The van der Waals surface area contributed by atoms with Gasteiger partial charge in [0.25, 0.3) is 5.91 Å². The molecule has 2 atom stereocenters. The first kappa shape index (κ1) is 17.6. The predicted octanol–water partition coefficient (Wildman–Crippen LogP) is 4.51. The van der Waals surface area contributed by atoms with Gasteiger partial charge in [0.1, 0.15) is 5.75 Å². The smallest absolute Gasteiger partial charge is 0.285 e. The second-order valence-corrected chi connectivity index (χ2v) is 8.65. The Morgan fingerprint density at radius 3 is 2.86 bits per heavy atom. The number of ether oxygens (including phenoxy) is 2. The molecule has 0 bridgehead atoms. The molecular formula is C23H26N2O3. The van der Waals surface area contributed by atoms with Gasteiger partial charge in [-0.05, 0) is 56.9 Å². The van der Waals surface area contributed by atoms with Crippen LogP contribution in [0.3, 0.4) is 0 Å². The van der Waals surface area contributed by atoms with Crippen LogP contribution in [0, 0.1) is 0 Å². The number of carbonyl (C=O) groups is 1. The third-order valence-corrected chi connectivity index (χ3v) is 6.25. The second-order valence-electron chi connectivity index (χ2n) is 8.65. The Hall–Kier alpha value is -2.53. The number of carbonyl (C=O) groups excluding carboxylic acids is 1. The molecule has 146 valence electrons. The molecular weight excluding hydrogens is 352 g/mol. The summed E-state index contributed by atoms with van der Waals surface area (Å²) in [6.07, 6.45) is 0.896. The van der Waals surface area contributed by atoms with E-state index in [1.54, 1.807) is 0 Å². The molecule has 0 saturated heterocycles. The normalized spacial score (nSPS) is 26.6. The number of nitrogens with zero attached hydrogens (tertiary/aromatic N) is 1. The Morgan fingerprint density at radius 1 is 1.29 bits per heavy atom. The van der Waals surface area contributed by atoms with Crippen LogP contribution in [-0.4, -0.2) is 18.1 Å². The third-order valence-electron chi connectivity index (χ3n) is 6.25. The largest absolute Gasteiger partial charge is 0.494 e. The molecule has 0 aromatic heterocycles. The van der Waals surface area contributed by atoms with E-state index in [0.29, 0.717) is 19.1 Å². The van der Waals surface area contributed by atoms with E-state index in [-0.39, 0.29) is 11.4 Å². The summed E-state index contributed by atoms with van der Waals surface area (Å²) in [5, 5.41) is 3.45. The molecule has 0 saturated carbocycles.